The molecule has 4 nitrogen and oxygen atoms in total. The average Bonchev–Trinajstić information content (AvgIpc) is 2.73. The van der Waals surface area contributed by atoms with Gasteiger partial charge in [0.05, 0.1) is 6.26 Å². The number of nitrogen functional groups attached to an aromatic ring is 1. The van der Waals surface area contributed by atoms with Crippen LogP contribution in [0.1, 0.15) is 21.7 Å². The van der Waals surface area contributed by atoms with Crippen LogP contribution in [-0.2, 0) is 5.75 Å². The third-order valence-corrected chi connectivity index (χ3v) is 3.81. The van der Waals surface area contributed by atoms with E-state index >= 15 is 0 Å². The first-order valence-corrected chi connectivity index (χ1v) is 6.41. The summed E-state index contributed by atoms with van der Waals surface area (Å²) >= 11 is 1.65. The molecule has 1 amide bonds. The van der Waals surface area contributed by atoms with Gasteiger partial charge in [-0.05, 0) is 30.7 Å². The van der Waals surface area contributed by atoms with Gasteiger partial charge in [0, 0.05) is 21.9 Å². The van der Waals surface area contributed by atoms with Crippen molar-refractivity contribution >= 4 is 23.4 Å². The summed E-state index contributed by atoms with van der Waals surface area (Å²) in [6.07, 6.45) is 1.66. The highest BCUT2D eigenvalue weighted by molar-refractivity contribution is 7.98. The molecule has 0 fully saturated rings. The van der Waals surface area contributed by atoms with Crippen molar-refractivity contribution in [2.45, 2.75) is 17.6 Å². The number of thioether (sulfide) groups is 1. The Hall–Kier alpha value is -1.88. The number of hydrogen-bond donors (Lipinski definition) is 2. The van der Waals surface area contributed by atoms with Crippen LogP contribution in [0.3, 0.4) is 0 Å². The summed E-state index contributed by atoms with van der Waals surface area (Å²) in [5, 5.41) is 0. The number of aryl methyl sites for hydroxylation is 1. The molecule has 0 unspecified atom stereocenters. The Morgan fingerprint density at radius 2 is 2.17 bits per heavy atom. The number of furan rings is 1. The van der Waals surface area contributed by atoms with Gasteiger partial charge in [-0.2, -0.15) is 0 Å². The lowest BCUT2D eigenvalue weighted by atomic mass is 10.1. The maximum absolute atomic E-state index is 11.0. The second kappa shape index (κ2) is 5.18. The van der Waals surface area contributed by atoms with Crippen LogP contribution in [0.4, 0.5) is 5.69 Å². The molecule has 0 aliphatic heterocycles. The molecule has 1 aromatic carbocycles. The molecule has 5 heteroatoms. The number of carbonyl (C=O) groups excluding carboxylic acids is 1. The molecule has 2 aromatic rings. The molecule has 0 radical (unpaired) electrons. The Balaban J connectivity index is 2.11. The van der Waals surface area contributed by atoms with Gasteiger partial charge in [-0.3, -0.25) is 4.79 Å². The molecule has 0 saturated carbocycles. The zero-order valence-electron chi connectivity index (χ0n) is 9.97. The van der Waals surface area contributed by atoms with Crippen molar-refractivity contribution in [3.8, 4) is 0 Å². The van der Waals surface area contributed by atoms with Gasteiger partial charge in [0.1, 0.15) is 5.76 Å². The smallest absolute Gasteiger partial charge is 0.248 e. The van der Waals surface area contributed by atoms with Crippen LogP contribution < -0.4 is 11.5 Å². The number of benzene rings is 1. The van der Waals surface area contributed by atoms with E-state index in [2.05, 4.69) is 0 Å². The van der Waals surface area contributed by atoms with E-state index in [1.54, 1.807) is 30.2 Å². The number of amides is 1. The second-order valence-electron chi connectivity index (χ2n) is 3.91. The van der Waals surface area contributed by atoms with Crippen molar-refractivity contribution in [3.63, 3.8) is 0 Å². The van der Waals surface area contributed by atoms with Gasteiger partial charge in [0.15, 0.2) is 0 Å². The summed E-state index contributed by atoms with van der Waals surface area (Å²) in [4.78, 5) is 12.1. The van der Waals surface area contributed by atoms with E-state index in [-0.39, 0.29) is 0 Å². The fourth-order valence-corrected chi connectivity index (χ4v) is 2.54. The minimum absolute atomic E-state index is 0.431. The number of anilines is 1. The van der Waals surface area contributed by atoms with E-state index in [0.717, 1.165) is 22.0 Å². The zero-order chi connectivity index (χ0) is 13.1. The third kappa shape index (κ3) is 2.68. The standard InChI is InChI=1S/C13H14N2O2S/c1-8-12(4-5-17-8)18-7-10-3-2-9(13(15)16)6-11(10)14/h2-6H,7,14H2,1H3,(H2,15,16). The number of primary amides is 1. The summed E-state index contributed by atoms with van der Waals surface area (Å²) in [6, 6.07) is 7.06. The summed E-state index contributed by atoms with van der Waals surface area (Å²) in [5.41, 5.74) is 13.1. The fraction of sp³-hybridized carbons (Fsp3) is 0.154. The topological polar surface area (TPSA) is 82.2 Å². The summed E-state index contributed by atoms with van der Waals surface area (Å²) in [5.74, 6) is 1.16. The average molecular weight is 262 g/mol. The lowest BCUT2D eigenvalue weighted by Crippen LogP contribution is -2.11. The first-order chi connectivity index (χ1) is 8.58. The molecule has 0 spiro atoms. The van der Waals surface area contributed by atoms with Crippen LogP contribution in [0.5, 0.6) is 0 Å². The highest BCUT2D eigenvalue weighted by Crippen LogP contribution is 2.28. The summed E-state index contributed by atoms with van der Waals surface area (Å²) in [7, 11) is 0. The van der Waals surface area contributed by atoms with E-state index in [0.29, 0.717) is 11.3 Å². The maximum Gasteiger partial charge on any atom is 0.248 e. The molecule has 0 saturated heterocycles. The van der Waals surface area contributed by atoms with Crippen molar-refractivity contribution in [1.82, 2.24) is 0 Å². The SMILES string of the molecule is Cc1occc1SCc1ccc(C(N)=O)cc1N. The molecule has 0 aliphatic carbocycles. The first-order valence-electron chi connectivity index (χ1n) is 5.43. The fourth-order valence-electron chi connectivity index (χ4n) is 1.56. The molecule has 4 N–H and O–H groups in total. The Kier molecular flexibility index (Phi) is 3.62. The normalized spacial score (nSPS) is 10.5. The molecule has 1 heterocycles. The Morgan fingerprint density at radius 3 is 2.72 bits per heavy atom. The molecular formula is C13H14N2O2S. The number of carbonyl (C=O) groups is 1. The van der Waals surface area contributed by atoms with Crippen LogP contribution in [0, 0.1) is 6.92 Å². The van der Waals surface area contributed by atoms with Gasteiger partial charge < -0.3 is 15.9 Å². The number of nitrogens with two attached hydrogens (primary N) is 2. The minimum atomic E-state index is -0.466. The summed E-state index contributed by atoms with van der Waals surface area (Å²) < 4.78 is 5.22. The molecule has 2 rings (SSSR count). The van der Waals surface area contributed by atoms with Crippen molar-refractivity contribution in [2.75, 3.05) is 5.73 Å². The molecular weight excluding hydrogens is 248 g/mol. The molecule has 94 valence electrons. The highest BCUT2D eigenvalue weighted by Gasteiger charge is 2.07. The van der Waals surface area contributed by atoms with Crippen LogP contribution >= 0.6 is 11.8 Å². The van der Waals surface area contributed by atoms with Gasteiger partial charge in [-0.1, -0.05) is 6.07 Å². The van der Waals surface area contributed by atoms with E-state index < -0.39 is 5.91 Å². The van der Waals surface area contributed by atoms with Gasteiger partial charge in [-0.25, -0.2) is 0 Å². The zero-order valence-corrected chi connectivity index (χ0v) is 10.8. The van der Waals surface area contributed by atoms with Crippen LogP contribution in [0.2, 0.25) is 0 Å². The largest absolute Gasteiger partial charge is 0.468 e. The van der Waals surface area contributed by atoms with Crippen LogP contribution in [0.25, 0.3) is 0 Å². The van der Waals surface area contributed by atoms with E-state index in [9.17, 15) is 4.79 Å². The van der Waals surface area contributed by atoms with E-state index in [1.807, 2.05) is 19.1 Å². The van der Waals surface area contributed by atoms with Crippen molar-refractivity contribution < 1.29 is 9.21 Å². The Labute approximate surface area is 109 Å². The minimum Gasteiger partial charge on any atom is -0.468 e. The summed E-state index contributed by atoms with van der Waals surface area (Å²) in [6.45, 7) is 1.92. The number of rotatable bonds is 4. The molecule has 0 bridgehead atoms. The first kappa shape index (κ1) is 12.6. The third-order valence-electron chi connectivity index (χ3n) is 2.62. The lowest BCUT2D eigenvalue weighted by molar-refractivity contribution is 0.100. The van der Waals surface area contributed by atoms with Gasteiger partial charge in [0.2, 0.25) is 5.91 Å². The highest BCUT2D eigenvalue weighted by atomic mass is 32.2. The van der Waals surface area contributed by atoms with Crippen molar-refractivity contribution in [2.24, 2.45) is 5.73 Å². The monoisotopic (exact) mass is 262 g/mol. The maximum atomic E-state index is 11.0. The quantitative estimate of drug-likeness (QED) is 0.655. The lowest BCUT2D eigenvalue weighted by Gasteiger charge is -2.06. The Bertz CT molecular complexity index is 578. The molecule has 0 aliphatic rings. The Morgan fingerprint density at radius 1 is 1.39 bits per heavy atom. The second-order valence-corrected chi connectivity index (χ2v) is 4.92. The molecule has 18 heavy (non-hydrogen) atoms. The predicted molar refractivity (Wildman–Crippen MR) is 72.4 cm³/mol. The van der Waals surface area contributed by atoms with Crippen molar-refractivity contribution in [3.05, 3.63) is 47.4 Å². The van der Waals surface area contributed by atoms with Gasteiger partial charge >= 0.3 is 0 Å². The van der Waals surface area contributed by atoms with Gasteiger partial charge in [0.25, 0.3) is 0 Å². The molecule has 0 atom stereocenters. The molecule has 1 aromatic heterocycles. The van der Waals surface area contributed by atoms with Crippen LogP contribution in [-0.4, -0.2) is 5.91 Å². The number of hydrogen-bond acceptors (Lipinski definition) is 4. The predicted octanol–water partition coefficient (Wildman–Crippen LogP) is 2.56. The van der Waals surface area contributed by atoms with Crippen molar-refractivity contribution in [1.29, 1.82) is 0 Å². The van der Waals surface area contributed by atoms with E-state index in [4.69, 9.17) is 15.9 Å². The van der Waals surface area contributed by atoms with E-state index in [1.165, 1.54) is 0 Å². The van der Waals surface area contributed by atoms with Crippen LogP contribution in [0.15, 0.2) is 39.8 Å². The van der Waals surface area contributed by atoms with Gasteiger partial charge in [-0.15, -0.1) is 11.8 Å².